The molecule has 0 radical (unpaired) electrons. The molecule has 1 aromatic carbocycles. The molecule has 0 saturated carbocycles. The van der Waals surface area contributed by atoms with Gasteiger partial charge in [0, 0.05) is 39.3 Å². The van der Waals surface area contributed by atoms with Crippen LogP contribution in [0.2, 0.25) is 0 Å². The first-order valence-electron chi connectivity index (χ1n) is 8.29. The molecule has 130 valence electrons. The van der Waals surface area contributed by atoms with E-state index in [0.717, 1.165) is 43.0 Å². The largest absolute Gasteiger partial charge is 0.368 e. The van der Waals surface area contributed by atoms with Crippen molar-refractivity contribution in [2.24, 2.45) is 7.05 Å². The Bertz CT molecular complexity index is 982. The minimum Gasteiger partial charge on any atom is -0.368 e. The van der Waals surface area contributed by atoms with Crippen LogP contribution in [0.25, 0.3) is 16.9 Å². The third-order valence-electron chi connectivity index (χ3n) is 4.73. The van der Waals surface area contributed by atoms with Crippen LogP contribution in [0.5, 0.6) is 0 Å². The Hall–Kier alpha value is -2.87. The lowest BCUT2D eigenvalue weighted by Gasteiger charge is -2.33. The van der Waals surface area contributed by atoms with Crippen LogP contribution in [0.3, 0.4) is 0 Å². The molecule has 0 aliphatic carbocycles. The first-order chi connectivity index (χ1) is 12.0. The van der Waals surface area contributed by atoms with E-state index in [2.05, 4.69) is 26.8 Å². The highest BCUT2D eigenvalue weighted by Crippen LogP contribution is 2.21. The minimum atomic E-state index is -0.149. The summed E-state index contributed by atoms with van der Waals surface area (Å²) in [6.07, 6.45) is 0. The zero-order chi connectivity index (χ0) is 17.6. The fourth-order valence-electron chi connectivity index (χ4n) is 3.27. The van der Waals surface area contributed by atoms with Crippen molar-refractivity contribution in [3.8, 4) is 5.82 Å². The highest BCUT2D eigenvalue weighted by Gasteiger charge is 2.19. The van der Waals surface area contributed by atoms with Gasteiger partial charge in [-0.3, -0.25) is 4.57 Å². The number of para-hydroxylation sites is 2. The molecule has 0 unspecified atom stereocenters. The van der Waals surface area contributed by atoms with Gasteiger partial charge in [-0.1, -0.05) is 12.1 Å². The Morgan fingerprint density at radius 2 is 1.60 bits per heavy atom. The molecule has 0 spiro atoms. The van der Waals surface area contributed by atoms with E-state index >= 15 is 0 Å². The van der Waals surface area contributed by atoms with E-state index in [1.165, 1.54) is 0 Å². The van der Waals surface area contributed by atoms with Gasteiger partial charge in [0.15, 0.2) is 0 Å². The maximum atomic E-state index is 12.7. The lowest BCUT2D eigenvalue weighted by atomic mass is 10.3. The fourth-order valence-corrected chi connectivity index (χ4v) is 3.27. The molecule has 8 heteroatoms. The summed E-state index contributed by atoms with van der Waals surface area (Å²) in [7, 11) is 3.86. The number of piperazine rings is 1. The summed E-state index contributed by atoms with van der Waals surface area (Å²) in [4.78, 5) is 25.9. The predicted octanol–water partition coefficient (Wildman–Crippen LogP) is 0.453. The van der Waals surface area contributed by atoms with Crippen LogP contribution >= 0.6 is 0 Å². The van der Waals surface area contributed by atoms with Crippen molar-refractivity contribution >= 4 is 22.8 Å². The smallest absolute Gasteiger partial charge is 0.334 e. The van der Waals surface area contributed by atoms with Crippen molar-refractivity contribution in [3.05, 3.63) is 40.8 Å². The number of fused-ring (bicyclic) bond motifs is 1. The average molecular weight is 339 g/mol. The molecular formula is C17H21N7O. The van der Waals surface area contributed by atoms with Crippen molar-refractivity contribution in [3.63, 3.8) is 0 Å². The van der Waals surface area contributed by atoms with E-state index in [1.54, 1.807) is 16.2 Å². The van der Waals surface area contributed by atoms with E-state index in [9.17, 15) is 4.79 Å². The normalized spacial score (nSPS) is 15.8. The summed E-state index contributed by atoms with van der Waals surface area (Å²) < 4.78 is 3.20. The molecule has 1 saturated heterocycles. The number of aryl methyl sites for hydroxylation is 1. The van der Waals surface area contributed by atoms with Crippen molar-refractivity contribution in [1.82, 2.24) is 24.0 Å². The van der Waals surface area contributed by atoms with Gasteiger partial charge in [-0.05, 0) is 19.2 Å². The number of imidazole rings is 1. The number of anilines is 2. The SMILES string of the molecule is CN1CCN(c2cc(-n3c(=O)n(C)c4ccccc43)nc(N)n2)CC1. The van der Waals surface area contributed by atoms with Crippen molar-refractivity contribution in [2.75, 3.05) is 43.9 Å². The first kappa shape index (κ1) is 15.6. The topological polar surface area (TPSA) is 85.2 Å². The van der Waals surface area contributed by atoms with Gasteiger partial charge < -0.3 is 15.5 Å². The highest BCUT2D eigenvalue weighted by molar-refractivity contribution is 5.77. The number of nitrogens with zero attached hydrogens (tertiary/aromatic N) is 6. The predicted molar refractivity (Wildman–Crippen MR) is 98.2 cm³/mol. The summed E-state index contributed by atoms with van der Waals surface area (Å²) >= 11 is 0. The second-order valence-corrected chi connectivity index (χ2v) is 6.40. The van der Waals surface area contributed by atoms with Gasteiger partial charge in [0.25, 0.3) is 0 Å². The number of rotatable bonds is 2. The Balaban J connectivity index is 1.85. The van der Waals surface area contributed by atoms with Crippen molar-refractivity contribution in [1.29, 1.82) is 0 Å². The third kappa shape index (κ3) is 2.64. The molecule has 8 nitrogen and oxygen atoms in total. The second-order valence-electron chi connectivity index (χ2n) is 6.40. The van der Waals surface area contributed by atoms with Gasteiger partial charge in [-0.25, -0.2) is 9.36 Å². The van der Waals surface area contributed by atoms with Crippen LogP contribution in [0.1, 0.15) is 0 Å². The lowest BCUT2D eigenvalue weighted by molar-refractivity contribution is 0.312. The molecule has 0 amide bonds. The van der Waals surface area contributed by atoms with Crippen LogP contribution < -0.4 is 16.3 Å². The third-order valence-corrected chi connectivity index (χ3v) is 4.73. The van der Waals surface area contributed by atoms with Crippen LogP contribution in [-0.2, 0) is 7.05 Å². The molecule has 1 aliphatic rings. The van der Waals surface area contributed by atoms with Gasteiger partial charge >= 0.3 is 5.69 Å². The zero-order valence-electron chi connectivity index (χ0n) is 14.4. The number of hydrogen-bond donors (Lipinski definition) is 1. The van der Waals surface area contributed by atoms with E-state index < -0.39 is 0 Å². The molecule has 3 heterocycles. The summed E-state index contributed by atoms with van der Waals surface area (Å²) in [5.74, 6) is 1.44. The molecule has 1 aliphatic heterocycles. The van der Waals surface area contributed by atoms with Crippen LogP contribution in [-0.4, -0.2) is 57.2 Å². The summed E-state index contributed by atoms with van der Waals surface area (Å²) in [6.45, 7) is 3.68. The quantitative estimate of drug-likeness (QED) is 0.730. The molecule has 25 heavy (non-hydrogen) atoms. The number of benzene rings is 1. The van der Waals surface area contributed by atoms with E-state index in [0.29, 0.717) is 5.82 Å². The Kier molecular flexibility index (Phi) is 3.69. The van der Waals surface area contributed by atoms with E-state index in [1.807, 2.05) is 30.3 Å². The molecule has 4 rings (SSSR count). The number of nitrogens with two attached hydrogens (primary N) is 1. The molecule has 0 atom stereocenters. The molecule has 2 aromatic heterocycles. The average Bonchev–Trinajstić information content (AvgIpc) is 2.86. The Morgan fingerprint density at radius 1 is 0.960 bits per heavy atom. The highest BCUT2D eigenvalue weighted by atomic mass is 16.1. The standard InChI is InChI=1S/C17H21N7O/c1-21-7-9-23(10-8-21)14-11-15(20-16(18)19-14)24-13-6-4-3-5-12(13)22(2)17(24)25/h3-6,11H,7-10H2,1-2H3,(H2,18,19,20). The van der Waals surface area contributed by atoms with Crippen LogP contribution in [0, 0.1) is 0 Å². The van der Waals surface area contributed by atoms with Gasteiger partial charge in [-0.2, -0.15) is 9.97 Å². The molecule has 0 bridgehead atoms. The first-order valence-corrected chi connectivity index (χ1v) is 8.29. The van der Waals surface area contributed by atoms with Gasteiger partial charge in [0.2, 0.25) is 5.95 Å². The lowest BCUT2D eigenvalue weighted by Crippen LogP contribution is -2.45. The van der Waals surface area contributed by atoms with Gasteiger partial charge in [-0.15, -0.1) is 0 Å². The van der Waals surface area contributed by atoms with Crippen molar-refractivity contribution in [2.45, 2.75) is 0 Å². The molecule has 3 aromatic rings. The number of aromatic nitrogens is 4. The van der Waals surface area contributed by atoms with E-state index in [4.69, 9.17) is 5.73 Å². The van der Waals surface area contributed by atoms with E-state index in [-0.39, 0.29) is 11.6 Å². The Morgan fingerprint density at radius 3 is 2.32 bits per heavy atom. The van der Waals surface area contributed by atoms with Crippen LogP contribution in [0.4, 0.5) is 11.8 Å². The van der Waals surface area contributed by atoms with Crippen molar-refractivity contribution < 1.29 is 0 Å². The maximum absolute atomic E-state index is 12.7. The zero-order valence-corrected chi connectivity index (χ0v) is 14.4. The van der Waals surface area contributed by atoms with Gasteiger partial charge in [0.05, 0.1) is 11.0 Å². The molecule has 1 fully saturated rings. The fraction of sp³-hybridized carbons (Fsp3) is 0.353. The summed E-state index contributed by atoms with van der Waals surface area (Å²) in [5.41, 5.74) is 7.46. The number of likely N-dealkylation sites (N-methyl/N-ethyl adjacent to an activating group) is 1. The number of nitrogen functional groups attached to an aromatic ring is 1. The summed E-state index contributed by atoms with van der Waals surface area (Å²) in [5, 5.41) is 0. The molecule has 2 N–H and O–H groups in total. The van der Waals surface area contributed by atoms with Crippen LogP contribution in [0.15, 0.2) is 35.1 Å². The maximum Gasteiger partial charge on any atom is 0.334 e. The number of hydrogen-bond acceptors (Lipinski definition) is 6. The monoisotopic (exact) mass is 339 g/mol. The Labute approximate surface area is 145 Å². The second kappa shape index (κ2) is 5.89. The minimum absolute atomic E-state index is 0.149. The van der Waals surface area contributed by atoms with Gasteiger partial charge in [0.1, 0.15) is 11.6 Å². The summed E-state index contributed by atoms with van der Waals surface area (Å²) in [6, 6.07) is 9.49. The molecular weight excluding hydrogens is 318 g/mol.